The molecule has 2 rings (SSSR count). The standard InChI is InChI=1S/C17H27N3O3S/c1-5-16(17(21)19-11-9-18(3)10-12-19)20(24(4,22)23)15-8-6-7-14(2)13-15/h6-8,13,16H,5,9-12H2,1-4H3/t16-/m1/s1. The van der Waals surface area contributed by atoms with Crippen molar-refractivity contribution in [2.45, 2.75) is 26.3 Å². The molecule has 1 aliphatic rings. The number of piperazine rings is 1. The van der Waals surface area contributed by atoms with Gasteiger partial charge in [0.05, 0.1) is 11.9 Å². The van der Waals surface area contributed by atoms with E-state index in [1.54, 1.807) is 17.0 Å². The van der Waals surface area contributed by atoms with Crippen LogP contribution in [0.5, 0.6) is 0 Å². The number of benzene rings is 1. The van der Waals surface area contributed by atoms with Crippen LogP contribution in [0.15, 0.2) is 24.3 Å². The van der Waals surface area contributed by atoms with Gasteiger partial charge in [0.2, 0.25) is 15.9 Å². The molecule has 6 nitrogen and oxygen atoms in total. The fourth-order valence-electron chi connectivity index (χ4n) is 3.05. The number of carbonyl (C=O) groups is 1. The number of anilines is 1. The van der Waals surface area contributed by atoms with Crippen LogP contribution in [0.25, 0.3) is 0 Å². The lowest BCUT2D eigenvalue weighted by molar-refractivity contribution is -0.134. The van der Waals surface area contributed by atoms with E-state index in [2.05, 4.69) is 4.90 Å². The summed E-state index contributed by atoms with van der Waals surface area (Å²) in [7, 11) is -1.54. The average Bonchev–Trinajstić information content (AvgIpc) is 2.51. The van der Waals surface area contributed by atoms with E-state index < -0.39 is 16.1 Å². The van der Waals surface area contributed by atoms with Crippen LogP contribution in [0.3, 0.4) is 0 Å². The Morgan fingerprint density at radius 2 is 1.88 bits per heavy atom. The van der Waals surface area contributed by atoms with E-state index in [4.69, 9.17) is 0 Å². The largest absolute Gasteiger partial charge is 0.338 e. The number of nitrogens with zero attached hydrogens (tertiary/aromatic N) is 3. The van der Waals surface area contributed by atoms with Gasteiger partial charge in [-0.05, 0) is 38.1 Å². The summed E-state index contributed by atoms with van der Waals surface area (Å²) in [4.78, 5) is 16.9. The Balaban J connectivity index is 2.34. The first-order valence-corrected chi connectivity index (χ1v) is 10.1. The molecule has 1 atom stereocenters. The molecule has 1 saturated heterocycles. The highest BCUT2D eigenvalue weighted by atomic mass is 32.2. The molecular formula is C17H27N3O3S. The highest BCUT2D eigenvalue weighted by Crippen LogP contribution is 2.24. The summed E-state index contributed by atoms with van der Waals surface area (Å²) in [5.74, 6) is -0.113. The highest BCUT2D eigenvalue weighted by Gasteiger charge is 2.34. The summed E-state index contributed by atoms with van der Waals surface area (Å²) >= 11 is 0. The Labute approximate surface area is 145 Å². The molecule has 1 aliphatic heterocycles. The number of carbonyl (C=O) groups excluding carboxylic acids is 1. The molecule has 0 aromatic heterocycles. The van der Waals surface area contributed by atoms with Crippen LogP contribution in [0.4, 0.5) is 5.69 Å². The first-order valence-electron chi connectivity index (χ1n) is 8.27. The molecule has 7 heteroatoms. The molecule has 1 aromatic carbocycles. The average molecular weight is 353 g/mol. The summed E-state index contributed by atoms with van der Waals surface area (Å²) in [6.07, 6.45) is 1.60. The van der Waals surface area contributed by atoms with Gasteiger partial charge in [-0.2, -0.15) is 0 Å². The predicted octanol–water partition coefficient (Wildman–Crippen LogP) is 1.31. The minimum atomic E-state index is -3.57. The number of hydrogen-bond donors (Lipinski definition) is 0. The first kappa shape index (κ1) is 18.7. The number of amides is 1. The molecule has 134 valence electrons. The first-order chi connectivity index (χ1) is 11.2. The zero-order valence-electron chi connectivity index (χ0n) is 14.9. The van der Waals surface area contributed by atoms with Crippen molar-refractivity contribution in [2.75, 3.05) is 43.8 Å². The molecule has 0 bridgehead atoms. The Kier molecular flexibility index (Phi) is 5.87. The van der Waals surface area contributed by atoms with Crippen LogP contribution in [0, 0.1) is 6.92 Å². The summed E-state index contributed by atoms with van der Waals surface area (Å²) in [5, 5.41) is 0. The predicted molar refractivity (Wildman–Crippen MR) is 96.7 cm³/mol. The Bertz CT molecular complexity index is 682. The smallest absolute Gasteiger partial charge is 0.246 e. The zero-order valence-corrected chi connectivity index (χ0v) is 15.7. The maximum atomic E-state index is 13.0. The second-order valence-electron chi connectivity index (χ2n) is 6.45. The van der Waals surface area contributed by atoms with Crippen molar-refractivity contribution in [3.63, 3.8) is 0 Å². The van der Waals surface area contributed by atoms with Gasteiger partial charge in [-0.3, -0.25) is 9.10 Å². The number of sulfonamides is 1. The third-order valence-electron chi connectivity index (χ3n) is 4.38. The van der Waals surface area contributed by atoms with Crippen LogP contribution in [0.1, 0.15) is 18.9 Å². The van der Waals surface area contributed by atoms with Gasteiger partial charge in [-0.1, -0.05) is 19.1 Å². The fraction of sp³-hybridized carbons (Fsp3) is 0.588. The quantitative estimate of drug-likeness (QED) is 0.801. The Hall–Kier alpha value is -1.60. The molecule has 1 aromatic rings. The van der Waals surface area contributed by atoms with Gasteiger partial charge in [-0.15, -0.1) is 0 Å². The van der Waals surface area contributed by atoms with Crippen molar-refractivity contribution >= 4 is 21.6 Å². The van der Waals surface area contributed by atoms with Crippen molar-refractivity contribution in [3.05, 3.63) is 29.8 Å². The maximum absolute atomic E-state index is 13.0. The lowest BCUT2D eigenvalue weighted by atomic mass is 10.1. The van der Waals surface area contributed by atoms with E-state index in [1.807, 2.05) is 33.0 Å². The molecular weight excluding hydrogens is 326 g/mol. The van der Waals surface area contributed by atoms with E-state index in [-0.39, 0.29) is 5.91 Å². The van der Waals surface area contributed by atoms with Crippen molar-refractivity contribution in [3.8, 4) is 0 Å². The lowest BCUT2D eigenvalue weighted by Gasteiger charge is -2.37. The number of rotatable bonds is 5. The summed E-state index contributed by atoms with van der Waals surface area (Å²) in [5.41, 5.74) is 1.51. The number of likely N-dealkylation sites (N-methyl/N-ethyl adjacent to an activating group) is 1. The van der Waals surface area contributed by atoms with Crippen molar-refractivity contribution in [1.29, 1.82) is 0 Å². The van der Waals surface area contributed by atoms with E-state index in [0.717, 1.165) is 24.9 Å². The van der Waals surface area contributed by atoms with Gasteiger partial charge in [0.1, 0.15) is 6.04 Å². The maximum Gasteiger partial charge on any atom is 0.246 e. The zero-order chi connectivity index (χ0) is 17.9. The van der Waals surface area contributed by atoms with E-state index in [9.17, 15) is 13.2 Å². The Morgan fingerprint density at radius 3 is 2.38 bits per heavy atom. The summed E-state index contributed by atoms with van der Waals surface area (Å²) in [6.45, 7) is 6.66. The molecule has 1 fully saturated rings. The molecule has 0 radical (unpaired) electrons. The van der Waals surface area contributed by atoms with Crippen LogP contribution >= 0.6 is 0 Å². The third kappa shape index (κ3) is 4.27. The molecule has 0 spiro atoms. The van der Waals surface area contributed by atoms with Crippen LogP contribution < -0.4 is 4.31 Å². The van der Waals surface area contributed by atoms with Crippen LogP contribution in [0.2, 0.25) is 0 Å². The van der Waals surface area contributed by atoms with Gasteiger partial charge < -0.3 is 9.80 Å². The molecule has 24 heavy (non-hydrogen) atoms. The molecule has 0 unspecified atom stereocenters. The van der Waals surface area contributed by atoms with Gasteiger partial charge in [0.15, 0.2) is 0 Å². The van der Waals surface area contributed by atoms with Gasteiger partial charge >= 0.3 is 0 Å². The minimum absolute atomic E-state index is 0.113. The van der Waals surface area contributed by atoms with Gasteiger partial charge in [-0.25, -0.2) is 8.42 Å². The molecule has 0 aliphatic carbocycles. The fourth-order valence-corrected chi connectivity index (χ4v) is 4.24. The van der Waals surface area contributed by atoms with E-state index in [1.165, 1.54) is 4.31 Å². The Morgan fingerprint density at radius 1 is 1.25 bits per heavy atom. The van der Waals surface area contributed by atoms with E-state index in [0.29, 0.717) is 25.2 Å². The second-order valence-corrected chi connectivity index (χ2v) is 8.31. The molecule has 0 saturated carbocycles. The lowest BCUT2D eigenvalue weighted by Crippen LogP contribution is -2.55. The summed E-state index contributed by atoms with van der Waals surface area (Å²) < 4.78 is 26.1. The minimum Gasteiger partial charge on any atom is -0.338 e. The van der Waals surface area contributed by atoms with Crippen molar-refractivity contribution in [1.82, 2.24) is 9.80 Å². The van der Waals surface area contributed by atoms with E-state index >= 15 is 0 Å². The van der Waals surface area contributed by atoms with Gasteiger partial charge in [0, 0.05) is 26.2 Å². The molecule has 1 heterocycles. The molecule has 0 N–H and O–H groups in total. The highest BCUT2D eigenvalue weighted by molar-refractivity contribution is 7.92. The SMILES string of the molecule is CC[C@H](C(=O)N1CCN(C)CC1)N(c1cccc(C)c1)S(C)(=O)=O. The second kappa shape index (κ2) is 7.53. The number of hydrogen-bond acceptors (Lipinski definition) is 4. The summed E-state index contributed by atoms with van der Waals surface area (Å²) in [6, 6.07) is 6.57. The topological polar surface area (TPSA) is 60.9 Å². The number of aryl methyl sites for hydroxylation is 1. The van der Waals surface area contributed by atoms with Gasteiger partial charge in [0.25, 0.3) is 0 Å². The van der Waals surface area contributed by atoms with Crippen LogP contribution in [-0.4, -0.2) is 69.6 Å². The van der Waals surface area contributed by atoms with Crippen LogP contribution in [-0.2, 0) is 14.8 Å². The van der Waals surface area contributed by atoms with Crippen molar-refractivity contribution in [2.24, 2.45) is 0 Å². The molecule has 1 amide bonds. The third-order valence-corrected chi connectivity index (χ3v) is 5.56. The van der Waals surface area contributed by atoms with Crippen molar-refractivity contribution < 1.29 is 13.2 Å². The normalized spacial score (nSPS) is 17.6. The monoisotopic (exact) mass is 353 g/mol.